The van der Waals surface area contributed by atoms with Crippen molar-refractivity contribution in [1.29, 1.82) is 5.26 Å². The van der Waals surface area contributed by atoms with Crippen molar-refractivity contribution >= 4 is 16.6 Å². The Bertz CT molecular complexity index is 638. The molecule has 0 unspecified atom stereocenters. The number of fused-ring (bicyclic) bond motifs is 1. The molecule has 1 aromatic carbocycles. The van der Waals surface area contributed by atoms with Crippen LogP contribution >= 0.6 is 0 Å². The normalized spacial score (nSPS) is 15.3. The molecule has 0 bridgehead atoms. The number of rotatable bonds is 4. The van der Waals surface area contributed by atoms with Gasteiger partial charge in [0, 0.05) is 11.9 Å². The molecular weight excluding hydrogens is 248 g/mol. The summed E-state index contributed by atoms with van der Waals surface area (Å²) in [6.45, 7) is 0.898. The molecule has 3 rings (SSSR count). The van der Waals surface area contributed by atoms with Gasteiger partial charge in [0.15, 0.2) is 5.69 Å². The van der Waals surface area contributed by atoms with Crippen LogP contribution in [0.15, 0.2) is 24.3 Å². The first-order valence-electron chi connectivity index (χ1n) is 7.28. The summed E-state index contributed by atoms with van der Waals surface area (Å²) in [5, 5.41) is 21.7. The smallest absolute Gasteiger partial charge is 0.186 e. The lowest BCUT2D eigenvalue weighted by Crippen LogP contribution is -2.09. The predicted molar refractivity (Wildman–Crippen MR) is 79.3 cm³/mol. The Morgan fingerprint density at radius 3 is 2.80 bits per heavy atom. The van der Waals surface area contributed by atoms with Crippen LogP contribution in [0.5, 0.6) is 0 Å². The Hall–Kier alpha value is -2.15. The molecule has 0 spiro atoms. The van der Waals surface area contributed by atoms with Gasteiger partial charge in [0.25, 0.3) is 0 Å². The highest BCUT2D eigenvalue weighted by Gasteiger charge is 2.15. The maximum atomic E-state index is 9.20. The van der Waals surface area contributed by atoms with E-state index < -0.39 is 0 Å². The largest absolute Gasteiger partial charge is 0.382 e. The molecule has 4 heteroatoms. The van der Waals surface area contributed by atoms with E-state index in [1.54, 1.807) is 0 Å². The van der Waals surface area contributed by atoms with E-state index in [1.807, 2.05) is 24.3 Å². The lowest BCUT2D eigenvalue weighted by Gasteiger charge is -2.13. The first kappa shape index (κ1) is 12.9. The summed E-state index contributed by atoms with van der Waals surface area (Å²) in [5.41, 5.74) is 2.04. The van der Waals surface area contributed by atoms with Crippen molar-refractivity contribution in [2.45, 2.75) is 32.1 Å². The molecule has 0 amide bonds. The van der Waals surface area contributed by atoms with E-state index in [0.717, 1.165) is 29.1 Å². The molecule has 1 heterocycles. The third-order valence-corrected chi connectivity index (χ3v) is 4.10. The molecule has 1 aliphatic rings. The Kier molecular flexibility index (Phi) is 3.78. The van der Waals surface area contributed by atoms with Crippen molar-refractivity contribution in [1.82, 2.24) is 10.2 Å². The molecular formula is C16H18N4. The number of benzene rings is 1. The molecule has 2 aromatic rings. The first-order chi connectivity index (χ1) is 9.88. The van der Waals surface area contributed by atoms with Crippen LogP contribution in [0.2, 0.25) is 0 Å². The molecule has 0 atom stereocenters. The zero-order valence-corrected chi connectivity index (χ0v) is 11.5. The second-order valence-electron chi connectivity index (χ2n) is 5.42. The molecule has 0 aliphatic heterocycles. The van der Waals surface area contributed by atoms with E-state index in [0.29, 0.717) is 5.69 Å². The molecule has 1 saturated carbocycles. The van der Waals surface area contributed by atoms with Gasteiger partial charge in [0.1, 0.15) is 6.07 Å². The SMILES string of the molecule is N#Cc1nnc2ccccc2c1NCCC1CCCC1. The maximum Gasteiger partial charge on any atom is 0.186 e. The fourth-order valence-electron chi connectivity index (χ4n) is 3.01. The lowest BCUT2D eigenvalue weighted by molar-refractivity contribution is 0.518. The van der Waals surface area contributed by atoms with Gasteiger partial charge >= 0.3 is 0 Å². The van der Waals surface area contributed by atoms with Gasteiger partial charge in [-0.25, -0.2) is 0 Å². The second-order valence-corrected chi connectivity index (χ2v) is 5.42. The van der Waals surface area contributed by atoms with Crippen molar-refractivity contribution in [3.63, 3.8) is 0 Å². The summed E-state index contributed by atoms with van der Waals surface area (Å²) in [6.07, 6.45) is 6.60. The van der Waals surface area contributed by atoms with Crippen LogP contribution < -0.4 is 5.32 Å². The lowest BCUT2D eigenvalue weighted by atomic mass is 10.0. The Morgan fingerprint density at radius 2 is 2.00 bits per heavy atom. The van der Waals surface area contributed by atoms with Crippen molar-refractivity contribution in [3.8, 4) is 6.07 Å². The van der Waals surface area contributed by atoms with Crippen molar-refractivity contribution < 1.29 is 0 Å². The van der Waals surface area contributed by atoms with Crippen LogP contribution in [0.1, 0.15) is 37.8 Å². The second kappa shape index (κ2) is 5.87. The van der Waals surface area contributed by atoms with Crippen LogP contribution in [-0.4, -0.2) is 16.7 Å². The molecule has 102 valence electrons. The van der Waals surface area contributed by atoms with Crippen molar-refractivity contribution in [2.24, 2.45) is 5.92 Å². The molecule has 4 nitrogen and oxygen atoms in total. The quantitative estimate of drug-likeness (QED) is 0.920. The minimum atomic E-state index is 0.384. The minimum absolute atomic E-state index is 0.384. The monoisotopic (exact) mass is 266 g/mol. The van der Waals surface area contributed by atoms with Crippen LogP contribution in [0.25, 0.3) is 10.9 Å². The van der Waals surface area contributed by atoms with Gasteiger partial charge in [-0.1, -0.05) is 43.9 Å². The summed E-state index contributed by atoms with van der Waals surface area (Å²) in [5.74, 6) is 0.842. The van der Waals surface area contributed by atoms with Crippen molar-refractivity contribution in [2.75, 3.05) is 11.9 Å². The summed E-state index contributed by atoms with van der Waals surface area (Å²) in [4.78, 5) is 0. The van der Waals surface area contributed by atoms with Gasteiger partial charge in [-0.3, -0.25) is 0 Å². The highest BCUT2D eigenvalue weighted by molar-refractivity contribution is 5.92. The van der Waals surface area contributed by atoms with E-state index in [1.165, 1.54) is 32.1 Å². The standard InChI is InChI=1S/C16H18N4/c17-11-15-16(18-10-9-12-5-1-2-6-12)13-7-3-4-8-14(13)19-20-15/h3-4,7-8,12H,1-2,5-6,9-10H2,(H,18,19). The molecule has 1 N–H and O–H groups in total. The van der Waals surface area contributed by atoms with Crippen LogP contribution in [-0.2, 0) is 0 Å². The van der Waals surface area contributed by atoms with Gasteiger partial charge in [0.05, 0.1) is 11.2 Å². The third-order valence-electron chi connectivity index (χ3n) is 4.10. The zero-order valence-electron chi connectivity index (χ0n) is 11.5. The minimum Gasteiger partial charge on any atom is -0.382 e. The summed E-state index contributed by atoms with van der Waals surface area (Å²) in [6, 6.07) is 9.94. The molecule has 1 aliphatic carbocycles. The molecule has 0 saturated heterocycles. The Morgan fingerprint density at radius 1 is 1.20 bits per heavy atom. The summed E-state index contributed by atoms with van der Waals surface area (Å²) in [7, 11) is 0. The number of hydrogen-bond donors (Lipinski definition) is 1. The number of aromatic nitrogens is 2. The van der Waals surface area contributed by atoms with E-state index in [2.05, 4.69) is 21.6 Å². The van der Waals surface area contributed by atoms with Gasteiger partial charge in [0.2, 0.25) is 0 Å². The molecule has 1 fully saturated rings. The van der Waals surface area contributed by atoms with Crippen LogP contribution in [0.4, 0.5) is 5.69 Å². The molecule has 20 heavy (non-hydrogen) atoms. The first-order valence-corrected chi connectivity index (χ1v) is 7.28. The van der Waals surface area contributed by atoms with Gasteiger partial charge < -0.3 is 5.32 Å². The number of nitrogens with zero attached hydrogens (tertiary/aromatic N) is 3. The average Bonchev–Trinajstić information content (AvgIpc) is 3.00. The van der Waals surface area contributed by atoms with Crippen LogP contribution in [0, 0.1) is 17.2 Å². The van der Waals surface area contributed by atoms with Gasteiger partial charge in [-0.2, -0.15) is 5.26 Å². The van der Waals surface area contributed by atoms with Crippen molar-refractivity contribution in [3.05, 3.63) is 30.0 Å². The summed E-state index contributed by atoms with van der Waals surface area (Å²) >= 11 is 0. The number of nitriles is 1. The zero-order chi connectivity index (χ0) is 13.8. The molecule has 1 aromatic heterocycles. The third kappa shape index (κ3) is 2.57. The van der Waals surface area contributed by atoms with E-state index in [4.69, 9.17) is 0 Å². The van der Waals surface area contributed by atoms with Gasteiger partial charge in [-0.15, -0.1) is 10.2 Å². The summed E-state index contributed by atoms with van der Waals surface area (Å²) < 4.78 is 0. The fraction of sp³-hybridized carbons (Fsp3) is 0.438. The number of anilines is 1. The van der Waals surface area contributed by atoms with Gasteiger partial charge in [-0.05, 0) is 18.4 Å². The Balaban J connectivity index is 1.79. The maximum absolute atomic E-state index is 9.20. The Labute approximate surface area is 118 Å². The van der Waals surface area contributed by atoms with E-state index in [-0.39, 0.29) is 0 Å². The average molecular weight is 266 g/mol. The topological polar surface area (TPSA) is 61.6 Å². The molecule has 0 radical (unpaired) electrons. The van der Waals surface area contributed by atoms with E-state index in [9.17, 15) is 5.26 Å². The predicted octanol–water partition coefficient (Wildman–Crippen LogP) is 3.49. The fourth-order valence-corrected chi connectivity index (χ4v) is 3.01. The highest BCUT2D eigenvalue weighted by atomic mass is 15.1. The van der Waals surface area contributed by atoms with Crippen LogP contribution in [0.3, 0.4) is 0 Å². The number of hydrogen-bond acceptors (Lipinski definition) is 4. The number of nitrogens with one attached hydrogen (secondary N) is 1. The highest BCUT2D eigenvalue weighted by Crippen LogP contribution is 2.28. The van der Waals surface area contributed by atoms with E-state index >= 15 is 0 Å².